The Morgan fingerprint density at radius 3 is 2.66 bits per heavy atom. The summed E-state index contributed by atoms with van der Waals surface area (Å²) >= 11 is 1.60. The Morgan fingerprint density at radius 1 is 1.07 bits per heavy atom. The second kappa shape index (κ2) is 7.64. The Labute approximate surface area is 174 Å². The predicted molar refractivity (Wildman–Crippen MR) is 119 cm³/mol. The molecule has 148 valence electrons. The van der Waals surface area contributed by atoms with Crippen LogP contribution < -0.4 is 5.32 Å². The molecule has 1 N–H and O–H groups in total. The summed E-state index contributed by atoms with van der Waals surface area (Å²) in [4.78, 5) is 5.76. The molecule has 0 amide bonds. The highest BCUT2D eigenvalue weighted by atomic mass is 32.1. The van der Waals surface area contributed by atoms with Crippen LogP contribution in [0.2, 0.25) is 0 Å². The van der Waals surface area contributed by atoms with Crippen LogP contribution in [0.25, 0.3) is 27.5 Å². The molecule has 3 nitrogen and oxygen atoms in total. The van der Waals surface area contributed by atoms with E-state index >= 15 is 0 Å². The minimum atomic E-state index is -0.227. The van der Waals surface area contributed by atoms with Gasteiger partial charge in [-0.25, -0.2) is 9.37 Å². The Bertz CT molecular complexity index is 1140. The van der Waals surface area contributed by atoms with Crippen molar-refractivity contribution in [2.24, 2.45) is 0 Å². The van der Waals surface area contributed by atoms with E-state index in [0.717, 1.165) is 40.4 Å². The van der Waals surface area contributed by atoms with Crippen molar-refractivity contribution in [1.82, 2.24) is 9.38 Å². The van der Waals surface area contributed by atoms with E-state index in [4.69, 9.17) is 4.98 Å². The summed E-state index contributed by atoms with van der Waals surface area (Å²) < 4.78 is 17.0. The summed E-state index contributed by atoms with van der Waals surface area (Å²) in [6, 6.07) is 16.0. The fourth-order valence-corrected chi connectivity index (χ4v) is 5.15. The fraction of sp³-hybridized carbons (Fsp3) is 0.292. The highest BCUT2D eigenvalue weighted by Gasteiger charge is 2.24. The van der Waals surface area contributed by atoms with Gasteiger partial charge in [0.25, 0.3) is 0 Å². The molecule has 0 aliphatic heterocycles. The number of aryl methyl sites for hydroxylation is 1. The van der Waals surface area contributed by atoms with E-state index in [1.165, 1.54) is 19.3 Å². The Hall–Kier alpha value is -2.66. The van der Waals surface area contributed by atoms with E-state index in [2.05, 4.69) is 27.2 Å². The number of aromatic nitrogens is 2. The lowest BCUT2D eigenvalue weighted by Crippen LogP contribution is -2.23. The van der Waals surface area contributed by atoms with E-state index in [9.17, 15) is 4.39 Å². The van der Waals surface area contributed by atoms with Crippen molar-refractivity contribution < 1.29 is 4.39 Å². The zero-order valence-corrected chi connectivity index (χ0v) is 17.3. The number of halogens is 1. The van der Waals surface area contributed by atoms with Gasteiger partial charge in [0.2, 0.25) is 0 Å². The van der Waals surface area contributed by atoms with Crippen molar-refractivity contribution in [1.29, 1.82) is 0 Å². The molecule has 0 saturated heterocycles. The van der Waals surface area contributed by atoms with Gasteiger partial charge in [-0.1, -0.05) is 61.2 Å². The number of nitrogens with one attached hydrogen (secondary N) is 1. The second-order valence-corrected chi connectivity index (χ2v) is 8.71. The molecule has 1 saturated carbocycles. The first-order valence-electron chi connectivity index (χ1n) is 10.3. The summed E-state index contributed by atoms with van der Waals surface area (Å²) in [7, 11) is 0. The summed E-state index contributed by atoms with van der Waals surface area (Å²) in [5.74, 6) is 0.686. The molecule has 0 spiro atoms. The van der Waals surface area contributed by atoms with Crippen LogP contribution in [0.4, 0.5) is 10.2 Å². The highest BCUT2D eigenvalue weighted by Crippen LogP contribution is 2.38. The number of imidazole rings is 1. The van der Waals surface area contributed by atoms with Crippen LogP contribution in [-0.4, -0.2) is 15.4 Å². The number of fused-ring (bicyclic) bond motifs is 1. The third-order valence-electron chi connectivity index (χ3n) is 5.76. The van der Waals surface area contributed by atoms with Crippen LogP contribution in [0.1, 0.15) is 37.7 Å². The van der Waals surface area contributed by atoms with Gasteiger partial charge in [-0.15, -0.1) is 11.3 Å². The highest BCUT2D eigenvalue weighted by molar-refractivity contribution is 7.15. The normalized spacial score (nSPS) is 15.1. The monoisotopic (exact) mass is 405 g/mol. The van der Waals surface area contributed by atoms with Crippen LogP contribution in [0, 0.1) is 12.7 Å². The van der Waals surface area contributed by atoms with E-state index < -0.39 is 0 Å². The molecule has 2 aromatic carbocycles. The zero-order chi connectivity index (χ0) is 19.8. The van der Waals surface area contributed by atoms with Crippen LogP contribution >= 0.6 is 11.3 Å². The minimum Gasteiger partial charge on any atom is -0.367 e. The molecular weight excluding hydrogens is 381 g/mol. The Balaban J connectivity index is 1.71. The summed E-state index contributed by atoms with van der Waals surface area (Å²) in [5, 5.41) is 5.89. The third-order valence-corrected chi connectivity index (χ3v) is 6.58. The van der Waals surface area contributed by atoms with Gasteiger partial charge in [0, 0.05) is 17.0 Å². The van der Waals surface area contributed by atoms with Crippen LogP contribution in [0.15, 0.2) is 53.9 Å². The molecule has 5 heteroatoms. The summed E-state index contributed by atoms with van der Waals surface area (Å²) in [6.07, 6.45) is 6.07. The molecule has 2 heterocycles. The van der Waals surface area contributed by atoms with Gasteiger partial charge in [-0.05, 0) is 37.5 Å². The largest absolute Gasteiger partial charge is 0.367 e. The van der Waals surface area contributed by atoms with Crippen molar-refractivity contribution >= 4 is 22.1 Å². The maximum Gasteiger partial charge on any atom is 0.196 e. The molecule has 1 fully saturated rings. The lowest BCUT2D eigenvalue weighted by atomic mass is 9.95. The molecule has 1 aliphatic carbocycles. The number of hydrogen-bond acceptors (Lipinski definition) is 3. The van der Waals surface area contributed by atoms with Crippen molar-refractivity contribution in [2.45, 2.75) is 45.1 Å². The van der Waals surface area contributed by atoms with Crippen molar-refractivity contribution in [3.8, 4) is 22.5 Å². The minimum absolute atomic E-state index is 0.227. The number of rotatable bonds is 4. The SMILES string of the molecule is Cc1ccc(F)c(-c2nc3scc(-c4ccccc4)n3c2NC2CCCCC2)c1. The summed E-state index contributed by atoms with van der Waals surface area (Å²) in [6.45, 7) is 1.99. The average Bonchev–Trinajstić information content (AvgIpc) is 3.31. The maximum absolute atomic E-state index is 14.8. The standard InChI is InChI=1S/C24H24FN3S/c1-16-12-13-20(25)19(14-16)22-23(26-18-10-6-3-7-11-18)28-21(15-29-24(28)27-22)17-8-4-2-5-9-17/h2,4-5,8-9,12-15,18,26H,3,6-7,10-11H2,1H3. The smallest absolute Gasteiger partial charge is 0.196 e. The molecule has 5 rings (SSSR count). The van der Waals surface area contributed by atoms with Crippen molar-refractivity contribution in [3.05, 3.63) is 65.3 Å². The molecule has 2 aromatic heterocycles. The zero-order valence-electron chi connectivity index (χ0n) is 16.5. The summed E-state index contributed by atoms with van der Waals surface area (Å²) in [5.41, 5.74) is 4.54. The van der Waals surface area contributed by atoms with Gasteiger partial charge in [-0.2, -0.15) is 0 Å². The van der Waals surface area contributed by atoms with Gasteiger partial charge in [-0.3, -0.25) is 4.40 Å². The maximum atomic E-state index is 14.8. The number of anilines is 1. The predicted octanol–water partition coefficient (Wildman–Crippen LogP) is 6.92. The second-order valence-electron chi connectivity index (χ2n) is 7.88. The van der Waals surface area contributed by atoms with E-state index in [0.29, 0.717) is 17.3 Å². The lowest BCUT2D eigenvalue weighted by Gasteiger charge is -2.24. The van der Waals surface area contributed by atoms with E-state index in [-0.39, 0.29) is 5.82 Å². The first-order chi connectivity index (χ1) is 14.2. The molecule has 0 radical (unpaired) electrons. The molecule has 29 heavy (non-hydrogen) atoms. The van der Waals surface area contributed by atoms with Crippen LogP contribution in [0.5, 0.6) is 0 Å². The molecular formula is C24H24FN3S. The van der Waals surface area contributed by atoms with Gasteiger partial charge < -0.3 is 5.32 Å². The molecule has 0 bridgehead atoms. The van der Waals surface area contributed by atoms with E-state index in [1.807, 2.05) is 31.2 Å². The fourth-order valence-electron chi connectivity index (χ4n) is 4.25. The van der Waals surface area contributed by atoms with Gasteiger partial charge >= 0.3 is 0 Å². The lowest BCUT2D eigenvalue weighted by molar-refractivity contribution is 0.462. The molecule has 0 atom stereocenters. The number of hydrogen-bond donors (Lipinski definition) is 1. The van der Waals surface area contributed by atoms with Gasteiger partial charge in [0.05, 0.1) is 5.69 Å². The van der Waals surface area contributed by atoms with Crippen molar-refractivity contribution in [3.63, 3.8) is 0 Å². The van der Waals surface area contributed by atoms with Gasteiger partial charge in [0.1, 0.15) is 17.3 Å². The number of thiazole rings is 1. The first kappa shape index (κ1) is 18.4. The Morgan fingerprint density at radius 2 is 1.86 bits per heavy atom. The number of nitrogens with zero attached hydrogens (tertiary/aromatic N) is 2. The quantitative estimate of drug-likeness (QED) is 0.399. The Kier molecular flexibility index (Phi) is 4.84. The number of benzene rings is 2. The van der Waals surface area contributed by atoms with Crippen LogP contribution in [0.3, 0.4) is 0 Å². The van der Waals surface area contributed by atoms with E-state index in [1.54, 1.807) is 23.5 Å². The molecule has 4 aromatic rings. The van der Waals surface area contributed by atoms with Crippen LogP contribution in [-0.2, 0) is 0 Å². The van der Waals surface area contributed by atoms with Gasteiger partial charge in [0.15, 0.2) is 4.96 Å². The first-order valence-corrected chi connectivity index (χ1v) is 11.2. The third kappa shape index (κ3) is 3.44. The molecule has 0 unspecified atom stereocenters. The topological polar surface area (TPSA) is 29.3 Å². The van der Waals surface area contributed by atoms with Crippen molar-refractivity contribution in [2.75, 3.05) is 5.32 Å². The average molecular weight is 406 g/mol. The molecule has 1 aliphatic rings.